The van der Waals surface area contributed by atoms with Gasteiger partial charge < -0.3 is 21.9 Å². The molecule has 242 valence electrons. The van der Waals surface area contributed by atoms with E-state index < -0.39 is 11.5 Å². The van der Waals surface area contributed by atoms with Crippen molar-refractivity contribution in [3.05, 3.63) is 0 Å². The Hall–Kier alpha value is -1.63. The van der Waals surface area contributed by atoms with Crippen molar-refractivity contribution in [1.29, 1.82) is 0 Å². The quantitative estimate of drug-likeness (QED) is 0.0248. The van der Waals surface area contributed by atoms with Crippen LogP contribution in [-0.2, 0) is 14.3 Å². The maximum atomic E-state index is 13.1. The molecule has 0 bridgehead atoms. The van der Waals surface area contributed by atoms with E-state index in [2.05, 4.69) is 18.8 Å². The Labute approximate surface area is 253 Å². The molecule has 6 N–H and O–H groups in total. The molecular formula is C34H68N4O3. The van der Waals surface area contributed by atoms with Crippen LogP contribution >= 0.6 is 0 Å². The topological polar surface area (TPSA) is 134 Å². The Kier molecular flexibility index (Phi) is 27.4. The van der Waals surface area contributed by atoms with Crippen molar-refractivity contribution in [2.75, 3.05) is 13.2 Å². The molecule has 7 heteroatoms. The number of rotatable bonds is 31. The molecule has 0 unspecified atom stereocenters. The maximum Gasteiger partial charge on any atom is 0.333 e. The van der Waals surface area contributed by atoms with Crippen LogP contribution in [0.5, 0.6) is 0 Å². The molecular weight excluding hydrogens is 512 g/mol. The van der Waals surface area contributed by atoms with Crippen LogP contribution in [0.15, 0.2) is 4.99 Å². The largest absolute Gasteiger partial charge is 0.464 e. The van der Waals surface area contributed by atoms with Gasteiger partial charge in [-0.2, -0.15) is 0 Å². The smallest absolute Gasteiger partial charge is 0.333 e. The number of hydrogen-bond acceptors (Lipinski definition) is 5. The second-order valence-electron chi connectivity index (χ2n) is 12.1. The molecule has 0 amide bonds. The van der Waals surface area contributed by atoms with E-state index in [0.717, 1.165) is 38.5 Å². The summed E-state index contributed by atoms with van der Waals surface area (Å²) in [6, 6.07) is 0. The van der Waals surface area contributed by atoms with Crippen molar-refractivity contribution in [3.8, 4) is 0 Å². The number of Topliss-reactive ketones (excluding diaryl/α,β-unsaturated/α-hetero) is 1. The lowest BCUT2D eigenvalue weighted by atomic mass is 9.86. The number of ether oxygens (including phenoxy) is 1. The van der Waals surface area contributed by atoms with Crippen molar-refractivity contribution in [2.45, 2.75) is 186 Å². The van der Waals surface area contributed by atoms with Gasteiger partial charge in [0.05, 0.1) is 6.61 Å². The third-order valence-corrected chi connectivity index (χ3v) is 8.12. The first-order valence-electron chi connectivity index (χ1n) is 17.4. The summed E-state index contributed by atoms with van der Waals surface area (Å²) < 4.78 is 5.54. The average molecular weight is 581 g/mol. The van der Waals surface area contributed by atoms with E-state index in [4.69, 9.17) is 21.9 Å². The Morgan fingerprint density at radius 3 is 1.39 bits per heavy atom. The first kappa shape index (κ1) is 39.4. The van der Waals surface area contributed by atoms with Gasteiger partial charge in [-0.1, -0.05) is 149 Å². The van der Waals surface area contributed by atoms with Crippen molar-refractivity contribution < 1.29 is 14.3 Å². The SMILES string of the molecule is CCCCCCCCCCCCCCCCOC(=O)[C@@](N)(CCCN=C(N)N)C(=O)CCCCCCCCCCC. The van der Waals surface area contributed by atoms with Gasteiger partial charge in [0.25, 0.3) is 0 Å². The van der Waals surface area contributed by atoms with Crippen LogP contribution in [-0.4, -0.2) is 36.4 Å². The number of carbonyl (C=O) groups excluding carboxylic acids is 2. The van der Waals surface area contributed by atoms with Gasteiger partial charge in [0.1, 0.15) is 0 Å². The van der Waals surface area contributed by atoms with Gasteiger partial charge in [0.2, 0.25) is 0 Å². The molecule has 0 aliphatic rings. The Balaban J connectivity index is 4.21. The number of hydrogen-bond donors (Lipinski definition) is 3. The summed E-state index contributed by atoms with van der Waals surface area (Å²) in [7, 11) is 0. The van der Waals surface area contributed by atoms with Crippen LogP contribution in [0.4, 0.5) is 0 Å². The molecule has 0 spiro atoms. The van der Waals surface area contributed by atoms with E-state index in [-0.39, 0.29) is 18.2 Å². The van der Waals surface area contributed by atoms with Gasteiger partial charge in [0.15, 0.2) is 17.3 Å². The van der Waals surface area contributed by atoms with E-state index >= 15 is 0 Å². The second-order valence-corrected chi connectivity index (χ2v) is 12.1. The first-order valence-corrected chi connectivity index (χ1v) is 17.4. The Morgan fingerprint density at radius 1 is 0.585 bits per heavy atom. The zero-order valence-corrected chi connectivity index (χ0v) is 27.2. The fraction of sp³-hybridized carbons (Fsp3) is 0.912. The molecule has 0 saturated heterocycles. The van der Waals surface area contributed by atoms with Gasteiger partial charge in [-0.25, -0.2) is 4.79 Å². The second kappa shape index (κ2) is 28.5. The summed E-state index contributed by atoms with van der Waals surface area (Å²) in [5.74, 6) is -0.831. The summed E-state index contributed by atoms with van der Waals surface area (Å²) in [5, 5.41) is 0. The number of nitrogens with two attached hydrogens (primary N) is 3. The summed E-state index contributed by atoms with van der Waals surface area (Å²) in [6.45, 7) is 5.14. The highest BCUT2D eigenvalue weighted by Crippen LogP contribution is 2.20. The predicted molar refractivity (Wildman–Crippen MR) is 175 cm³/mol. The van der Waals surface area contributed by atoms with E-state index in [1.807, 2.05) is 0 Å². The van der Waals surface area contributed by atoms with Gasteiger partial charge >= 0.3 is 5.97 Å². The van der Waals surface area contributed by atoms with E-state index in [1.54, 1.807) is 0 Å². The summed E-state index contributed by atoms with van der Waals surface area (Å²) in [5.41, 5.74) is 15.6. The van der Waals surface area contributed by atoms with Crippen molar-refractivity contribution in [2.24, 2.45) is 22.2 Å². The van der Waals surface area contributed by atoms with Gasteiger partial charge in [-0.05, 0) is 25.7 Å². The minimum absolute atomic E-state index is 0.00553. The van der Waals surface area contributed by atoms with Crippen molar-refractivity contribution >= 4 is 17.7 Å². The molecule has 0 rings (SSSR count). The molecule has 0 fully saturated rings. The third-order valence-electron chi connectivity index (χ3n) is 8.12. The Morgan fingerprint density at radius 2 is 0.976 bits per heavy atom. The summed E-state index contributed by atoms with van der Waals surface area (Å²) in [6.07, 6.45) is 29.2. The van der Waals surface area contributed by atoms with Gasteiger partial charge in [0, 0.05) is 13.0 Å². The number of ketones is 1. The van der Waals surface area contributed by atoms with Crippen LogP contribution < -0.4 is 17.2 Å². The lowest BCUT2D eigenvalue weighted by molar-refractivity contribution is -0.154. The summed E-state index contributed by atoms with van der Waals surface area (Å²) >= 11 is 0. The van der Waals surface area contributed by atoms with Crippen molar-refractivity contribution in [1.82, 2.24) is 0 Å². The lowest BCUT2D eigenvalue weighted by Crippen LogP contribution is -2.56. The number of unbranched alkanes of at least 4 members (excludes halogenated alkanes) is 21. The maximum absolute atomic E-state index is 13.1. The molecule has 0 heterocycles. The Bertz CT molecular complexity index is 652. The number of guanidine groups is 1. The van der Waals surface area contributed by atoms with Crippen LogP contribution in [0.3, 0.4) is 0 Å². The first-order chi connectivity index (χ1) is 19.9. The third kappa shape index (κ3) is 23.6. The molecule has 0 aromatic heterocycles. The average Bonchev–Trinajstić information content (AvgIpc) is 2.95. The molecule has 0 aromatic rings. The fourth-order valence-electron chi connectivity index (χ4n) is 5.33. The highest BCUT2D eigenvalue weighted by molar-refractivity contribution is 6.08. The molecule has 0 aliphatic carbocycles. The van der Waals surface area contributed by atoms with E-state index in [0.29, 0.717) is 26.0 Å². The van der Waals surface area contributed by atoms with Crippen LogP contribution in [0.1, 0.15) is 181 Å². The van der Waals surface area contributed by atoms with Gasteiger partial charge in [-0.3, -0.25) is 9.79 Å². The lowest BCUT2D eigenvalue weighted by Gasteiger charge is -2.26. The molecule has 1 atom stereocenters. The van der Waals surface area contributed by atoms with E-state index in [9.17, 15) is 9.59 Å². The van der Waals surface area contributed by atoms with Crippen LogP contribution in [0.2, 0.25) is 0 Å². The van der Waals surface area contributed by atoms with Crippen LogP contribution in [0.25, 0.3) is 0 Å². The molecule has 41 heavy (non-hydrogen) atoms. The standard InChI is InChI=1S/C34H68N4O3/c1-3-5-7-9-11-13-14-15-16-17-19-21-23-25-30-41-32(40)34(37,28-26-29-38-33(35)36)31(39)27-24-22-20-18-12-10-8-6-4-2/h3-30,37H2,1-2H3,(H4,35,36,38)/t34-/m1/s1. The monoisotopic (exact) mass is 581 g/mol. The van der Waals surface area contributed by atoms with Crippen molar-refractivity contribution in [3.63, 3.8) is 0 Å². The highest BCUT2D eigenvalue weighted by Gasteiger charge is 2.42. The molecule has 7 nitrogen and oxygen atoms in total. The molecule has 0 aromatic carbocycles. The number of aliphatic imine (C=N–C) groups is 1. The molecule has 0 radical (unpaired) electrons. The van der Waals surface area contributed by atoms with Gasteiger partial charge in [-0.15, -0.1) is 0 Å². The van der Waals surface area contributed by atoms with E-state index in [1.165, 1.54) is 109 Å². The number of esters is 1. The summed E-state index contributed by atoms with van der Waals surface area (Å²) in [4.78, 5) is 30.0. The highest BCUT2D eigenvalue weighted by atomic mass is 16.5. The number of nitrogens with zero attached hydrogens (tertiary/aromatic N) is 1. The zero-order valence-electron chi connectivity index (χ0n) is 27.2. The zero-order chi connectivity index (χ0) is 30.4. The predicted octanol–water partition coefficient (Wildman–Crippen LogP) is 8.25. The normalized spacial score (nSPS) is 12.7. The van der Waals surface area contributed by atoms with Crippen LogP contribution in [0, 0.1) is 0 Å². The fourth-order valence-corrected chi connectivity index (χ4v) is 5.33. The molecule has 0 saturated carbocycles. The number of carbonyl (C=O) groups is 2. The minimum atomic E-state index is -1.62. The minimum Gasteiger partial charge on any atom is -0.464 e. The molecule has 0 aliphatic heterocycles.